The van der Waals surface area contributed by atoms with Crippen LogP contribution < -0.4 is 4.83 Å². The van der Waals surface area contributed by atoms with Crippen molar-refractivity contribution in [3.63, 3.8) is 0 Å². The summed E-state index contributed by atoms with van der Waals surface area (Å²) in [6, 6.07) is 17.3. The first-order valence-electron chi connectivity index (χ1n) is 9.78. The average Bonchev–Trinajstić information content (AvgIpc) is 3.21. The Kier molecular flexibility index (Phi) is 4.81. The lowest BCUT2D eigenvalue weighted by atomic mass is 9.86. The smallest absolute Gasteiger partial charge is 0.253 e. The van der Waals surface area contributed by atoms with E-state index in [1.165, 1.54) is 10.9 Å². The summed E-state index contributed by atoms with van der Waals surface area (Å²) in [5, 5.41) is 3.06. The van der Waals surface area contributed by atoms with Crippen LogP contribution in [0.2, 0.25) is 0 Å². The molecule has 0 saturated carbocycles. The maximum atomic E-state index is 12.8. The molecule has 1 fully saturated rings. The normalized spacial score (nSPS) is 20.0. The highest BCUT2D eigenvalue weighted by atomic mass is 32.2. The van der Waals surface area contributed by atoms with Gasteiger partial charge in [-0.25, -0.2) is 13.4 Å². The number of H-pyrrole nitrogens is 1. The second kappa shape index (κ2) is 7.03. The Morgan fingerprint density at radius 2 is 1.89 bits per heavy atom. The molecule has 4 rings (SSSR count). The molecule has 1 aromatic heterocycles. The van der Waals surface area contributed by atoms with Crippen molar-refractivity contribution in [3.05, 3.63) is 65.9 Å². The SMILES string of the molecule is CCc1ccc2cc(C3CCN(NS(=O)(=O)c4ccccc4)C3(C)C)[nH]c2c1. The van der Waals surface area contributed by atoms with Crippen molar-refractivity contribution < 1.29 is 8.42 Å². The van der Waals surface area contributed by atoms with Gasteiger partial charge in [0.15, 0.2) is 0 Å². The fourth-order valence-electron chi connectivity index (χ4n) is 4.19. The number of benzene rings is 2. The molecule has 6 heteroatoms. The van der Waals surface area contributed by atoms with E-state index >= 15 is 0 Å². The van der Waals surface area contributed by atoms with Crippen molar-refractivity contribution in [2.75, 3.05) is 6.54 Å². The van der Waals surface area contributed by atoms with Gasteiger partial charge in [-0.05, 0) is 61.9 Å². The number of hydrogen-bond donors (Lipinski definition) is 2. The van der Waals surface area contributed by atoms with Crippen LogP contribution in [0.4, 0.5) is 0 Å². The summed E-state index contributed by atoms with van der Waals surface area (Å²) >= 11 is 0. The van der Waals surface area contributed by atoms with Gasteiger partial charge in [0.05, 0.1) is 4.90 Å². The number of nitrogens with one attached hydrogen (secondary N) is 2. The lowest BCUT2D eigenvalue weighted by Crippen LogP contribution is -2.51. The van der Waals surface area contributed by atoms with Gasteiger partial charge in [0.2, 0.25) is 0 Å². The monoisotopic (exact) mass is 397 g/mol. The van der Waals surface area contributed by atoms with E-state index < -0.39 is 10.0 Å². The van der Waals surface area contributed by atoms with E-state index in [0.29, 0.717) is 6.54 Å². The lowest BCUT2D eigenvalue weighted by Gasteiger charge is -2.35. The quantitative estimate of drug-likeness (QED) is 0.678. The molecule has 0 bridgehead atoms. The third kappa shape index (κ3) is 3.36. The summed E-state index contributed by atoms with van der Waals surface area (Å²) in [6.45, 7) is 7.02. The number of hydrogen-bond acceptors (Lipinski definition) is 3. The van der Waals surface area contributed by atoms with Crippen molar-refractivity contribution in [2.24, 2.45) is 0 Å². The van der Waals surface area contributed by atoms with Gasteiger partial charge in [0.1, 0.15) is 0 Å². The molecule has 1 atom stereocenters. The molecular formula is C22H27N3O2S. The van der Waals surface area contributed by atoms with Gasteiger partial charge < -0.3 is 4.98 Å². The van der Waals surface area contributed by atoms with Gasteiger partial charge >= 0.3 is 0 Å². The molecule has 148 valence electrons. The van der Waals surface area contributed by atoms with E-state index in [1.54, 1.807) is 24.3 Å². The zero-order valence-corrected chi connectivity index (χ0v) is 17.4. The summed E-state index contributed by atoms with van der Waals surface area (Å²) in [5.74, 6) is 0.212. The minimum atomic E-state index is -3.59. The third-order valence-corrected chi connectivity index (χ3v) is 7.32. The first kappa shape index (κ1) is 19.2. The van der Waals surface area contributed by atoms with Crippen LogP contribution in [-0.2, 0) is 16.4 Å². The Bertz CT molecular complexity index is 1090. The predicted molar refractivity (Wildman–Crippen MR) is 113 cm³/mol. The van der Waals surface area contributed by atoms with Crippen molar-refractivity contribution in [1.29, 1.82) is 0 Å². The van der Waals surface area contributed by atoms with Crippen LogP contribution in [0.3, 0.4) is 0 Å². The van der Waals surface area contributed by atoms with Crippen LogP contribution in [0.5, 0.6) is 0 Å². The zero-order valence-electron chi connectivity index (χ0n) is 16.6. The summed E-state index contributed by atoms with van der Waals surface area (Å²) in [5.41, 5.74) is 3.27. The predicted octanol–water partition coefficient (Wildman–Crippen LogP) is 4.19. The van der Waals surface area contributed by atoms with Crippen molar-refractivity contribution >= 4 is 20.9 Å². The van der Waals surface area contributed by atoms with Crippen molar-refractivity contribution in [1.82, 2.24) is 14.8 Å². The second-order valence-corrected chi connectivity index (χ2v) is 9.72. The van der Waals surface area contributed by atoms with E-state index in [-0.39, 0.29) is 16.4 Å². The second-order valence-electron chi connectivity index (χ2n) is 8.05. The van der Waals surface area contributed by atoms with Crippen molar-refractivity contribution in [2.45, 2.75) is 50.0 Å². The number of hydrazine groups is 1. The number of nitrogens with zero attached hydrogens (tertiary/aromatic N) is 1. The molecule has 3 aromatic rings. The number of aryl methyl sites for hydroxylation is 1. The molecular weight excluding hydrogens is 370 g/mol. The average molecular weight is 398 g/mol. The van der Waals surface area contributed by atoms with Crippen LogP contribution >= 0.6 is 0 Å². The van der Waals surface area contributed by atoms with Gasteiger partial charge in [0.25, 0.3) is 10.0 Å². The maximum Gasteiger partial charge on any atom is 0.253 e. The molecule has 1 saturated heterocycles. The molecule has 1 aliphatic heterocycles. The van der Waals surface area contributed by atoms with Crippen LogP contribution in [-0.4, -0.2) is 30.5 Å². The van der Waals surface area contributed by atoms with Crippen LogP contribution in [0.15, 0.2) is 59.5 Å². The molecule has 0 radical (unpaired) electrons. The molecule has 0 aliphatic carbocycles. The molecule has 28 heavy (non-hydrogen) atoms. The lowest BCUT2D eigenvalue weighted by molar-refractivity contribution is 0.134. The van der Waals surface area contributed by atoms with Gasteiger partial charge in [-0.1, -0.05) is 37.3 Å². The zero-order chi connectivity index (χ0) is 19.9. The number of aromatic nitrogens is 1. The Hall–Kier alpha value is -2.15. The van der Waals surface area contributed by atoms with Gasteiger partial charge in [0, 0.05) is 29.2 Å². The molecule has 1 unspecified atom stereocenters. The molecule has 0 amide bonds. The molecule has 5 nitrogen and oxygen atoms in total. The Labute approximate surface area is 166 Å². The minimum Gasteiger partial charge on any atom is -0.358 e. The van der Waals surface area contributed by atoms with Gasteiger partial charge in [-0.15, -0.1) is 4.83 Å². The van der Waals surface area contributed by atoms with E-state index in [1.807, 2.05) is 11.1 Å². The topological polar surface area (TPSA) is 65.2 Å². The molecule has 2 heterocycles. The third-order valence-electron chi connectivity index (χ3n) is 5.97. The maximum absolute atomic E-state index is 12.8. The van der Waals surface area contributed by atoms with Crippen molar-refractivity contribution in [3.8, 4) is 0 Å². The summed E-state index contributed by atoms with van der Waals surface area (Å²) < 4.78 is 25.5. The molecule has 0 spiro atoms. The number of aromatic amines is 1. The van der Waals surface area contributed by atoms with E-state index in [9.17, 15) is 8.42 Å². The van der Waals surface area contributed by atoms with Crippen LogP contribution in [0.25, 0.3) is 10.9 Å². The first-order chi connectivity index (χ1) is 13.3. The van der Waals surface area contributed by atoms with E-state index in [4.69, 9.17) is 0 Å². The van der Waals surface area contributed by atoms with Gasteiger partial charge in [-0.3, -0.25) is 0 Å². The standard InChI is InChI=1S/C22H27N3O2S/c1-4-16-10-11-17-15-21(23-20(17)14-16)19-12-13-25(22(19,2)3)24-28(26,27)18-8-6-5-7-9-18/h5-11,14-15,19,23-24H,4,12-13H2,1-3H3. The van der Waals surface area contributed by atoms with Gasteiger partial charge in [-0.2, -0.15) is 0 Å². The van der Waals surface area contributed by atoms with E-state index in [2.05, 4.69) is 54.9 Å². The summed E-state index contributed by atoms with van der Waals surface area (Å²) in [6.07, 6.45) is 1.89. The fraction of sp³-hybridized carbons (Fsp3) is 0.364. The van der Waals surface area contributed by atoms with Crippen LogP contribution in [0.1, 0.15) is 44.4 Å². The van der Waals surface area contributed by atoms with E-state index in [0.717, 1.165) is 24.1 Å². The highest BCUT2D eigenvalue weighted by Gasteiger charge is 2.44. The first-order valence-corrected chi connectivity index (χ1v) is 11.3. The highest BCUT2D eigenvalue weighted by Crippen LogP contribution is 2.41. The largest absolute Gasteiger partial charge is 0.358 e. The highest BCUT2D eigenvalue weighted by molar-refractivity contribution is 7.89. The Morgan fingerprint density at radius 3 is 2.61 bits per heavy atom. The molecule has 2 N–H and O–H groups in total. The Morgan fingerprint density at radius 1 is 1.14 bits per heavy atom. The summed E-state index contributed by atoms with van der Waals surface area (Å²) in [4.78, 5) is 6.67. The summed E-state index contributed by atoms with van der Waals surface area (Å²) in [7, 11) is -3.59. The van der Waals surface area contributed by atoms with Crippen LogP contribution in [0, 0.1) is 0 Å². The number of fused-ring (bicyclic) bond motifs is 1. The molecule has 2 aromatic carbocycles. The fourth-order valence-corrected chi connectivity index (χ4v) is 5.43. The number of rotatable bonds is 5. The minimum absolute atomic E-state index is 0.212. The Balaban J connectivity index is 1.60. The number of sulfonamides is 1. The molecule has 1 aliphatic rings.